The maximum absolute atomic E-state index is 12.1. The van der Waals surface area contributed by atoms with Crippen molar-refractivity contribution >= 4 is 17.3 Å². The number of aromatic nitrogens is 2. The summed E-state index contributed by atoms with van der Waals surface area (Å²) in [6.07, 6.45) is 8.13. The Kier molecular flexibility index (Phi) is 3.93. The number of hydrogen-bond acceptors (Lipinski definition) is 4. The second kappa shape index (κ2) is 5.63. The summed E-state index contributed by atoms with van der Waals surface area (Å²) in [4.78, 5) is 12.1. The first-order valence-electron chi connectivity index (χ1n) is 5.62. The molecular weight excluding hydrogens is 266 g/mol. The lowest BCUT2D eigenvalue weighted by atomic mass is 10.2. The zero-order chi connectivity index (χ0) is 13.8. The monoisotopic (exact) mass is 277 g/mol. The van der Waals surface area contributed by atoms with Gasteiger partial charge in [0.25, 0.3) is 5.56 Å². The highest BCUT2D eigenvalue weighted by atomic mass is 35.5. The second-order valence-corrected chi connectivity index (χ2v) is 4.32. The van der Waals surface area contributed by atoms with E-state index in [1.165, 1.54) is 10.9 Å². The van der Waals surface area contributed by atoms with Crippen LogP contribution in [0.25, 0.3) is 0 Å². The average molecular weight is 278 g/mol. The molecule has 1 N–H and O–H groups in total. The van der Waals surface area contributed by atoms with E-state index in [0.717, 1.165) is 0 Å². The van der Waals surface area contributed by atoms with Crippen molar-refractivity contribution in [3.05, 3.63) is 45.7 Å². The van der Waals surface area contributed by atoms with E-state index in [0.29, 0.717) is 5.76 Å². The van der Waals surface area contributed by atoms with Crippen molar-refractivity contribution in [2.75, 3.05) is 5.32 Å². The van der Waals surface area contributed by atoms with Crippen LogP contribution in [0.15, 0.2) is 33.8 Å². The first-order chi connectivity index (χ1) is 9.13. The summed E-state index contributed by atoms with van der Waals surface area (Å²) in [6.45, 7) is 1.96. The smallest absolute Gasteiger partial charge is 0.292 e. The van der Waals surface area contributed by atoms with Gasteiger partial charge < -0.3 is 9.73 Å². The van der Waals surface area contributed by atoms with Gasteiger partial charge in [0, 0.05) is 0 Å². The van der Waals surface area contributed by atoms with Crippen LogP contribution in [-0.2, 0) is 6.54 Å². The van der Waals surface area contributed by atoms with Crippen LogP contribution < -0.4 is 10.9 Å². The molecule has 6 heteroatoms. The van der Waals surface area contributed by atoms with Gasteiger partial charge >= 0.3 is 0 Å². The average Bonchev–Trinajstić information content (AvgIpc) is 2.92. The van der Waals surface area contributed by atoms with Crippen molar-refractivity contribution < 1.29 is 4.42 Å². The Morgan fingerprint density at radius 1 is 1.68 bits per heavy atom. The normalized spacial score (nSPS) is 11.8. The molecular formula is C13H12ClN3O2. The Labute approximate surface area is 115 Å². The highest BCUT2D eigenvalue weighted by Gasteiger charge is 2.14. The minimum absolute atomic E-state index is 0.0970. The van der Waals surface area contributed by atoms with E-state index in [9.17, 15) is 4.79 Å². The fraction of sp³-hybridized carbons (Fsp3) is 0.231. The van der Waals surface area contributed by atoms with Crippen LogP contribution in [0, 0.1) is 12.3 Å². The molecule has 5 nitrogen and oxygen atoms in total. The van der Waals surface area contributed by atoms with Gasteiger partial charge in [-0.05, 0) is 19.1 Å². The summed E-state index contributed by atoms with van der Waals surface area (Å²) >= 11 is 5.99. The first kappa shape index (κ1) is 13.2. The van der Waals surface area contributed by atoms with Gasteiger partial charge in [-0.3, -0.25) is 4.79 Å². The van der Waals surface area contributed by atoms with Gasteiger partial charge in [0.05, 0.1) is 23.5 Å². The molecule has 0 fully saturated rings. The molecule has 2 heterocycles. The summed E-state index contributed by atoms with van der Waals surface area (Å²) in [5, 5.41) is 7.12. The van der Waals surface area contributed by atoms with E-state index in [1.54, 1.807) is 12.3 Å². The Balaban J connectivity index is 2.32. The lowest BCUT2D eigenvalue weighted by molar-refractivity contribution is 0.490. The molecule has 2 aromatic heterocycles. The van der Waals surface area contributed by atoms with Crippen molar-refractivity contribution in [2.24, 2.45) is 0 Å². The van der Waals surface area contributed by atoms with Gasteiger partial charge in [-0.2, -0.15) is 5.10 Å². The number of nitrogens with zero attached hydrogens (tertiary/aromatic N) is 2. The fourth-order valence-corrected chi connectivity index (χ4v) is 1.80. The summed E-state index contributed by atoms with van der Waals surface area (Å²) in [5.41, 5.74) is -0.0975. The third-order valence-corrected chi connectivity index (χ3v) is 2.86. The molecule has 19 heavy (non-hydrogen) atoms. The number of terminal acetylenes is 1. The van der Waals surface area contributed by atoms with Crippen molar-refractivity contribution in [3.8, 4) is 12.3 Å². The van der Waals surface area contributed by atoms with E-state index in [1.807, 2.05) is 13.0 Å². The van der Waals surface area contributed by atoms with Gasteiger partial charge in [-0.25, -0.2) is 4.68 Å². The zero-order valence-electron chi connectivity index (χ0n) is 10.3. The number of anilines is 1. The second-order valence-electron chi connectivity index (χ2n) is 3.92. The number of furan rings is 1. The summed E-state index contributed by atoms with van der Waals surface area (Å²) in [7, 11) is 0. The molecule has 2 rings (SSSR count). The lowest BCUT2D eigenvalue weighted by Gasteiger charge is -2.14. The minimum Gasteiger partial charge on any atom is -0.467 e. The summed E-state index contributed by atoms with van der Waals surface area (Å²) < 4.78 is 6.43. The predicted molar refractivity (Wildman–Crippen MR) is 73.1 cm³/mol. The fourth-order valence-electron chi connectivity index (χ4n) is 1.62. The van der Waals surface area contributed by atoms with Gasteiger partial charge in [0.15, 0.2) is 0 Å². The maximum atomic E-state index is 12.1. The molecule has 0 aromatic carbocycles. The van der Waals surface area contributed by atoms with Crippen molar-refractivity contribution in [3.63, 3.8) is 0 Å². The molecule has 0 bridgehead atoms. The number of halogens is 1. The standard InChI is InChI=1S/C13H12ClN3O2/c1-3-6-17-13(18)12(10(14)8-15-17)16-9(2)11-5-4-7-19-11/h1,4-5,7-9,16H,6H2,2H3. The molecule has 98 valence electrons. The van der Waals surface area contributed by atoms with Crippen molar-refractivity contribution in [1.82, 2.24) is 9.78 Å². The molecule has 1 atom stereocenters. The number of nitrogens with one attached hydrogen (secondary N) is 1. The molecule has 0 spiro atoms. The highest BCUT2D eigenvalue weighted by molar-refractivity contribution is 6.33. The highest BCUT2D eigenvalue weighted by Crippen LogP contribution is 2.22. The largest absolute Gasteiger partial charge is 0.467 e. The third-order valence-electron chi connectivity index (χ3n) is 2.57. The molecule has 0 aliphatic rings. The van der Waals surface area contributed by atoms with Crippen molar-refractivity contribution in [2.45, 2.75) is 19.5 Å². The zero-order valence-corrected chi connectivity index (χ0v) is 11.0. The topological polar surface area (TPSA) is 60.1 Å². The first-order valence-corrected chi connectivity index (χ1v) is 6.00. The van der Waals surface area contributed by atoms with E-state index in [2.05, 4.69) is 16.3 Å². The van der Waals surface area contributed by atoms with E-state index < -0.39 is 0 Å². The molecule has 0 saturated heterocycles. The van der Waals surface area contributed by atoms with Crippen LogP contribution in [0.5, 0.6) is 0 Å². The quantitative estimate of drug-likeness (QED) is 0.871. The summed E-state index contributed by atoms with van der Waals surface area (Å²) in [6, 6.07) is 3.40. The molecule has 0 amide bonds. The Bertz CT molecular complexity index is 656. The maximum Gasteiger partial charge on any atom is 0.292 e. The summed E-state index contributed by atoms with van der Waals surface area (Å²) in [5.74, 6) is 3.07. The van der Waals surface area contributed by atoms with Crippen LogP contribution in [0.3, 0.4) is 0 Å². The SMILES string of the molecule is C#CCn1ncc(Cl)c(NC(C)c2ccco2)c1=O. The molecule has 0 radical (unpaired) electrons. The van der Waals surface area contributed by atoms with Gasteiger partial charge in [0.1, 0.15) is 18.0 Å². The van der Waals surface area contributed by atoms with Gasteiger partial charge in [-0.15, -0.1) is 6.42 Å². The van der Waals surface area contributed by atoms with Crippen LogP contribution >= 0.6 is 11.6 Å². The molecule has 1 unspecified atom stereocenters. The van der Waals surface area contributed by atoms with Crippen LogP contribution in [0.4, 0.5) is 5.69 Å². The number of hydrogen-bond donors (Lipinski definition) is 1. The predicted octanol–water partition coefficient (Wildman–Crippen LogP) is 2.30. The van der Waals surface area contributed by atoms with Crippen LogP contribution in [0.2, 0.25) is 5.02 Å². The van der Waals surface area contributed by atoms with E-state index >= 15 is 0 Å². The van der Waals surface area contributed by atoms with Gasteiger partial charge in [0.2, 0.25) is 0 Å². The van der Waals surface area contributed by atoms with E-state index in [-0.39, 0.29) is 28.9 Å². The Morgan fingerprint density at radius 3 is 3.11 bits per heavy atom. The molecule has 0 aliphatic heterocycles. The van der Waals surface area contributed by atoms with Crippen LogP contribution in [-0.4, -0.2) is 9.78 Å². The molecule has 0 saturated carbocycles. The van der Waals surface area contributed by atoms with Crippen molar-refractivity contribution in [1.29, 1.82) is 0 Å². The number of rotatable bonds is 4. The van der Waals surface area contributed by atoms with E-state index in [4.69, 9.17) is 22.4 Å². The Morgan fingerprint density at radius 2 is 2.47 bits per heavy atom. The van der Waals surface area contributed by atoms with Gasteiger partial charge in [-0.1, -0.05) is 17.5 Å². The third kappa shape index (κ3) is 2.80. The lowest BCUT2D eigenvalue weighted by Crippen LogP contribution is -2.26. The van der Waals surface area contributed by atoms with Crippen LogP contribution in [0.1, 0.15) is 18.7 Å². The minimum atomic E-state index is -0.358. The molecule has 0 aliphatic carbocycles. The molecule has 2 aromatic rings. The Hall–Kier alpha value is -2.19.